The number of aromatic nitrogens is 1. The highest BCUT2D eigenvalue weighted by atomic mass is 35.5. The molecule has 0 aliphatic carbocycles. The topological polar surface area (TPSA) is 94.6 Å². The quantitative estimate of drug-likeness (QED) is 0.423. The van der Waals surface area contributed by atoms with Crippen LogP contribution in [0.4, 0.5) is 0 Å². The highest BCUT2D eigenvalue weighted by molar-refractivity contribution is 7.92. The van der Waals surface area contributed by atoms with Gasteiger partial charge in [0.25, 0.3) is 0 Å². The summed E-state index contributed by atoms with van der Waals surface area (Å²) in [6.07, 6.45) is 1.45. The zero-order chi connectivity index (χ0) is 23.0. The van der Waals surface area contributed by atoms with E-state index in [-0.39, 0.29) is 13.2 Å². The smallest absolute Gasteiger partial charge is 0.321 e. The summed E-state index contributed by atoms with van der Waals surface area (Å²) in [7, 11) is -3.77. The summed E-state index contributed by atoms with van der Waals surface area (Å²) in [5, 5.41) is 4.11. The number of nitrogens with zero attached hydrogens (tertiary/aromatic N) is 1. The Hall–Kier alpha value is -2.72. The number of aryl methyl sites for hydroxylation is 1. The maximum absolute atomic E-state index is 12.0. The van der Waals surface area contributed by atoms with Crippen LogP contribution in [0.25, 0.3) is 6.08 Å². The van der Waals surface area contributed by atoms with Gasteiger partial charge in [-0.1, -0.05) is 41.4 Å². The Balaban J connectivity index is 1.40. The van der Waals surface area contributed by atoms with Gasteiger partial charge in [-0.3, -0.25) is 4.79 Å². The van der Waals surface area contributed by atoms with E-state index in [1.165, 1.54) is 17.4 Å². The third-order valence-corrected chi connectivity index (χ3v) is 6.26. The fraction of sp³-hybridized carbons (Fsp3) is 0.182. The molecule has 0 radical (unpaired) electrons. The van der Waals surface area contributed by atoms with Gasteiger partial charge in [-0.25, -0.2) is 18.1 Å². The highest BCUT2D eigenvalue weighted by Crippen LogP contribution is 2.18. The van der Waals surface area contributed by atoms with E-state index in [9.17, 15) is 13.2 Å². The Morgan fingerprint density at radius 2 is 1.84 bits per heavy atom. The fourth-order valence-corrected chi connectivity index (χ4v) is 3.98. The second-order valence-corrected chi connectivity index (χ2v) is 9.75. The second-order valence-electron chi connectivity index (χ2n) is 6.72. The number of thiazole rings is 1. The molecule has 0 saturated carbocycles. The van der Waals surface area contributed by atoms with E-state index >= 15 is 0 Å². The number of esters is 1. The predicted molar refractivity (Wildman–Crippen MR) is 125 cm³/mol. The Bertz CT molecular complexity index is 1170. The van der Waals surface area contributed by atoms with E-state index in [0.29, 0.717) is 21.5 Å². The van der Waals surface area contributed by atoms with Crippen LogP contribution in [-0.2, 0) is 32.8 Å². The van der Waals surface area contributed by atoms with E-state index < -0.39 is 22.5 Å². The van der Waals surface area contributed by atoms with Crippen molar-refractivity contribution in [2.24, 2.45) is 0 Å². The van der Waals surface area contributed by atoms with Crippen LogP contribution in [0, 0.1) is 6.92 Å². The van der Waals surface area contributed by atoms with Crippen molar-refractivity contribution in [3.8, 4) is 5.75 Å². The first-order valence-electron chi connectivity index (χ1n) is 9.51. The van der Waals surface area contributed by atoms with Crippen molar-refractivity contribution in [3.05, 3.63) is 86.2 Å². The summed E-state index contributed by atoms with van der Waals surface area (Å²) < 4.78 is 36.9. The minimum atomic E-state index is -3.77. The van der Waals surface area contributed by atoms with E-state index in [1.54, 1.807) is 41.8 Å². The lowest BCUT2D eigenvalue weighted by molar-refractivity contribution is -0.143. The molecule has 0 spiro atoms. The molecule has 0 bridgehead atoms. The molecule has 0 aliphatic rings. The van der Waals surface area contributed by atoms with Gasteiger partial charge < -0.3 is 9.47 Å². The van der Waals surface area contributed by atoms with Crippen molar-refractivity contribution in [1.82, 2.24) is 9.71 Å². The first-order chi connectivity index (χ1) is 15.3. The Morgan fingerprint density at radius 3 is 2.56 bits per heavy atom. The van der Waals surface area contributed by atoms with Crippen molar-refractivity contribution in [2.75, 3.05) is 6.54 Å². The van der Waals surface area contributed by atoms with Crippen molar-refractivity contribution < 1.29 is 22.7 Å². The first-order valence-corrected chi connectivity index (χ1v) is 12.3. The number of benzene rings is 2. The summed E-state index contributed by atoms with van der Waals surface area (Å²) >= 11 is 7.21. The van der Waals surface area contributed by atoms with Crippen LogP contribution in [0.15, 0.2) is 59.3 Å². The lowest BCUT2D eigenvalue weighted by Gasteiger charge is -2.04. The number of hydrogen-bond donors (Lipinski definition) is 1. The fourth-order valence-electron chi connectivity index (χ4n) is 2.42. The van der Waals surface area contributed by atoms with Gasteiger partial charge in [0.1, 0.15) is 30.5 Å². The lowest BCUT2D eigenvalue weighted by Crippen LogP contribution is -2.29. The summed E-state index contributed by atoms with van der Waals surface area (Å²) in [4.78, 5) is 16.2. The molecule has 0 amide bonds. The number of nitrogens with one attached hydrogen (secondary N) is 1. The summed E-state index contributed by atoms with van der Waals surface area (Å²) in [5.41, 5.74) is 2.37. The van der Waals surface area contributed by atoms with E-state index in [1.807, 2.05) is 19.1 Å². The maximum atomic E-state index is 12.0. The summed E-state index contributed by atoms with van der Waals surface area (Å²) in [6, 6.07) is 14.4. The van der Waals surface area contributed by atoms with Gasteiger partial charge in [0.15, 0.2) is 0 Å². The van der Waals surface area contributed by atoms with Crippen LogP contribution >= 0.6 is 22.9 Å². The average Bonchev–Trinajstić information content (AvgIpc) is 3.23. The summed E-state index contributed by atoms with van der Waals surface area (Å²) in [6.45, 7) is 1.68. The molecule has 1 heterocycles. The SMILES string of the molecule is Cc1ccc(/C=C/S(=O)(=O)NCC(=O)OCc2csc(COc3ccc(Cl)cc3)n2)cc1. The number of sulfonamides is 1. The van der Waals surface area contributed by atoms with Crippen LogP contribution < -0.4 is 9.46 Å². The standard InChI is InChI=1S/C22H21ClN2O5S2/c1-16-2-4-17(5-3-16)10-11-32(27,28)24-12-22(26)30-13-19-15-31-21(25-19)14-29-20-8-6-18(23)7-9-20/h2-11,15,24H,12-14H2,1H3/b11-10+. The Morgan fingerprint density at radius 1 is 1.12 bits per heavy atom. The largest absolute Gasteiger partial charge is 0.486 e. The third-order valence-electron chi connectivity index (χ3n) is 4.09. The molecule has 0 aliphatic heterocycles. The van der Waals surface area contributed by atoms with Gasteiger partial charge in [-0.05, 0) is 42.8 Å². The van der Waals surface area contributed by atoms with Gasteiger partial charge in [0.2, 0.25) is 10.0 Å². The van der Waals surface area contributed by atoms with Crippen molar-refractivity contribution in [2.45, 2.75) is 20.1 Å². The van der Waals surface area contributed by atoms with Gasteiger partial charge in [0.05, 0.1) is 5.69 Å². The van der Waals surface area contributed by atoms with Crippen LogP contribution in [0.2, 0.25) is 5.02 Å². The molecule has 1 N–H and O–H groups in total. The number of ether oxygens (including phenoxy) is 2. The highest BCUT2D eigenvalue weighted by Gasteiger charge is 2.11. The van der Waals surface area contributed by atoms with Gasteiger partial charge in [-0.15, -0.1) is 11.3 Å². The zero-order valence-electron chi connectivity index (χ0n) is 17.2. The molecule has 0 atom stereocenters. The number of rotatable bonds is 10. The normalized spacial score (nSPS) is 11.6. The van der Waals surface area contributed by atoms with Crippen LogP contribution in [-0.4, -0.2) is 25.9 Å². The van der Waals surface area contributed by atoms with E-state index in [4.69, 9.17) is 21.1 Å². The Labute approximate surface area is 195 Å². The van der Waals surface area contributed by atoms with Gasteiger partial charge in [0, 0.05) is 15.8 Å². The molecule has 168 valence electrons. The van der Waals surface area contributed by atoms with Crippen molar-refractivity contribution in [1.29, 1.82) is 0 Å². The van der Waals surface area contributed by atoms with Gasteiger partial charge >= 0.3 is 5.97 Å². The molecule has 7 nitrogen and oxygen atoms in total. The van der Waals surface area contributed by atoms with Crippen LogP contribution in [0.3, 0.4) is 0 Å². The lowest BCUT2D eigenvalue weighted by atomic mass is 10.2. The molecule has 0 unspecified atom stereocenters. The zero-order valence-corrected chi connectivity index (χ0v) is 19.5. The molecular weight excluding hydrogens is 472 g/mol. The molecule has 2 aromatic carbocycles. The molecule has 0 fully saturated rings. The molecular formula is C22H21ClN2O5S2. The maximum Gasteiger partial charge on any atom is 0.321 e. The monoisotopic (exact) mass is 492 g/mol. The van der Waals surface area contributed by atoms with Crippen molar-refractivity contribution in [3.63, 3.8) is 0 Å². The summed E-state index contributed by atoms with van der Waals surface area (Å²) in [5.74, 6) is -0.0365. The molecule has 1 aromatic heterocycles. The number of halogens is 1. The molecule has 3 aromatic rings. The van der Waals surface area contributed by atoms with Gasteiger partial charge in [-0.2, -0.15) is 0 Å². The number of carbonyl (C=O) groups is 1. The van der Waals surface area contributed by atoms with E-state index in [0.717, 1.165) is 16.5 Å². The number of hydrogen-bond acceptors (Lipinski definition) is 7. The first kappa shape index (κ1) is 23.9. The Kier molecular flexibility index (Phi) is 8.40. The van der Waals surface area contributed by atoms with Crippen LogP contribution in [0.1, 0.15) is 21.8 Å². The third kappa shape index (κ3) is 8.08. The van der Waals surface area contributed by atoms with Crippen LogP contribution in [0.5, 0.6) is 5.75 Å². The molecule has 0 saturated heterocycles. The molecule has 32 heavy (non-hydrogen) atoms. The molecule has 10 heteroatoms. The van der Waals surface area contributed by atoms with E-state index in [2.05, 4.69) is 9.71 Å². The minimum Gasteiger partial charge on any atom is -0.486 e. The van der Waals surface area contributed by atoms with Crippen molar-refractivity contribution >= 4 is 45.0 Å². The average molecular weight is 493 g/mol. The second kappa shape index (κ2) is 11.2. The molecule has 3 rings (SSSR count). The predicted octanol–water partition coefficient (Wildman–Crippen LogP) is 4.32. The number of carbonyl (C=O) groups excluding carboxylic acids is 1. The minimum absolute atomic E-state index is 0.0583.